The largest absolute Gasteiger partial charge is 0.339 e. The third kappa shape index (κ3) is 3.83. The number of aromatic nitrogens is 2. The number of likely N-dealkylation sites (N-methyl/N-ethyl adjacent to an activating group) is 1. The molecule has 1 fully saturated rings. The maximum Gasteiger partial charge on any atom is 0.267 e. The second-order valence-corrected chi connectivity index (χ2v) is 6.34. The normalized spacial score (nSPS) is 15.5. The lowest BCUT2D eigenvalue weighted by atomic mass is 10.1. The van der Waals surface area contributed by atoms with Gasteiger partial charge in [-0.25, -0.2) is 4.68 Å². The molecule has 0 spiro atoms. The predicted octanol–water partition coefficient (Wildman–Crippen LogP) is 1.34. The zero-order chi connectivity index (χ0) is 17.1. The van der Waals surface area contributed by atoms with Crippen molar-refractivity contribution in [2.24, 2.45) is 0 Å². The van der Waals surface area contributed by atoms with Gasteiger partial charge in [0.2, 0.25) is 5.91 Å². The number of carbonyl (C=O) groups excluding carboxylic acids is 1. The third-order valence-electron chi connectivity index (χ3n) is 4.15. The minimum atomic E-state index is -0.282. The Labute approximate surface area is 145 Å². The Bertz CT molecular complexity index is 780. The summed E-state index contributed by atoms with van der Waals surface area (Å²) in [6.07, 6.45) is 0. The summed E-state index contributed by atoms with van der Waals surface area (Å²) in [7, 11) is 2.03. The van der Waals surface area contributed by atoms with E-state index in [1.165, 1.54) is 10.7 Å². The van der Waals surface area contributed by atoms with E-state index in [0.717, 1.165) is 18.7 Å². The van der Waals surface area contributed by atoms with E-state index in [2.05, 4.69) is 10.00 Å². The van der Waals surface area contributed by atoms with Gasteiger partial charge in [-0.3, -0.25) is 9.59 Å². The fourth-order valence-electron chi connectivity index (χ4n) is 2.62. The highest BCUT2D eigenvalue weighted by Gasteiger charge is 2.20. The van der Waals surface area contributed by atoms with Crippen LogP contribution in [0.1, 0.15) is 0 Å². The van der Waals surface area contributed by atoms with Crippen molar-refractivity contribution in [1.82, 2.24) is 19.6 Å². The van der Waals surface area contributed by atoms with Crippen LogP contribution in [-0.2, 0) is 11.3 Å². The first-order chi connectivity index (χ1) is 11.5. The number of piperazine rings is 1. The van der Waals surface area contributed by atoms with Gasteiger partial charge in [0.05, 0.1) is 5.69 Å². The maximum atomic E-state index is 12.4. The number of halogens is 1. The van der Waals surface area contributed by atoms with Crippen molar-refractivity contribution < 1.29 is 4.79 Å². The van der Waals surface area contributed by atoms with Gasteiger partial charge < -0.3 is 9.80 Å². The van der Waals surface area contributed by atoms with Crippen LogP contribution in [0.5, 0.6) is 0 Å². The molecule has 1 amide bonds. The Balaban J connectivity index is 1.78. The number of carbonyl (C=O) groups is 1. The molecular formula is C17H19ClN4O2. The highest BCUT2D eigenvalue weighted by Crippen LogP contribution is 2.18. The topological polar surface area (TPSA) is 58.4 Å². The van der Waals surface area contributed by atoms with Crippen molar-refractivity contribution in [3.05, 3.63) is 51.8 Å². The molecular weight excluding hydrogens is 328 g/mol. The smallest absolute Gasteiger partial charge is 0.267 e. The second kappa shape index (κ2) is 7.15. The van der Waals surface area contributed by atoms with Gasteiger partial charge in [0.25, 0.3) is 5.56 Å². The fourth-order valence-corrected chi connectivity index (χ4v) is 2.75. The molecule has 1 aliphatic heterocycles. The van der Waals surface area contributed by atoms with E-state index in [-0.39, 0.29) is 18.0 Å². The minimum absolute atomic E-state index is 0.0377. The van der Waals surface area contributed by atoms with Gasteiger partial charge in [-0.05, 0) is 25.2 Å². The maximum absolute atomic E-state index is 12.4. The van der Waals surface area contributed by atoms with Gasteiger partial charge in [0.1, 0.15) is 6.54 Å². The lowest BCUT2D eigenvalue weighted by molar-refractivity contribution is -0.133. The quantitative estimate of drug-likeness (QED) is 0.841. The first-order valence-corrected chi connectivity index (χ1v) is 8.21. The van der Waals surface area contributed by atoms with Crippen molar-refractivity contribution in [3.63, 3.8) is 0 Å². The summed E-state index contributed by atoms with van der Waals surface area (Å²) in [6, 6.07) is 10.3. The Morgan fingerprint density at radius 3 is 2.42 bits per heavy atom. The Kier molecular flexibility index (Phi) is 4.97. The average molecular weight is 347 g/mol. The van der Waals surface area contributed by atoms with Crippen LogP contribution >= 0.6 is 11.6 Å². The number of amides is 1. The van der Waals surface area contributed by atoms with Gasteiger partial charge in [-0.15, -0.1) is 0 Å². The summed E-state index contributed by atoms with van der Waals surface area (Å²) in [4.78, 5) is 28.4. The highest BCUT2D eigenvalue weighted by molar-refractivity contribution is 6.30. The molecule has 1 saturated heterocycles. The van der Waals surface area contributed by atoms with Crippen LogP contribution in [-0.4, -0.2) is 58.7 Å². The molecule has 7 heteroatoms. The molecule has 0 aliphatic carbocycles. The lowest BCUT2D eigenvalue weighted by Gasteiger charge is -2.32. The van der Waals surface area contributed by atoms with Crippen molar-refractivity contribution in [3.8, 4) is 11.3 Å². The van der Waals surface area contributed by atoms with Gasteiger partial charge in [-0.1, -0.05) is 23.7 Å². The van der Waals surface area contributed by atoms with E-state index in [1.54, 1.807) is 23.1 Å². The van der Waals surface area contributed by atoms with Gasteiger partial charge in [0.15, 0.2) is 0 Å². The number of benzene rings is 1. The molecule has 2 heterocycles. The molecule has 1 aromatic heterocycles. The molecule has 3 rings (SSSR count). The summed E-state index contributed by atoms with van der Waals surface area (Å²) < 4.78 is 1.23. The molecule has 0 unspecified atom stereocenters. The molecule has 126 valence electrons. The number of nitrogens with zero attached hydrogens (tertiary/aromatic N) is 4. The van der Waals surface area contributed by atoms with E-state index in [9.17, 15) is 9.59 Å². The third-order valence-corrected chi connectivity index (χ3v) is 4.40. The monoisotopic (exact) mass is 346 g/mol. The first kappa shape index (κ1) is 16.7. The van der Waals surface area contributed by atoms with E-state index in [0.29, 0.717) is 23.8 Å². The zero-order valence-corrected chi connectivity index (χ0v) is 14.2. The van der Waals surface area contributed by atoms with Crippen LogP contribution in [0.4, 0.5) is 0 Å². The Morgan fingerprint density at radius 1 is 1.08 bits per heavy atom. The first-order valence-electron chi connectivity index (χ1n) is 7.83. The summed E-state index contributed by atoms with van der Waals surface area (Å²) >= 11 is 5.89. The summed E-state index contributed by atoms with van der Waals surface area (Å²) in [5, 5.41) is 4.96. The van der Waals surface area contributed by atoms with Crippen LogP contribution < -0.4 is 5.56 Å². The van der Waals surface area contributed by atoms with Crippen LogP contribution in [0.25, 0.3) is 11.3 Å². The van der Waals surface area contributed by atoms with Crippen molar-refractivity contribution in [2.45, 2.75) is 6.54 Å². The standard InChI is InChI=1S/C17H19ClN4O2/c1-20-8-10-21(11-9-20)17(24)12-22-16(23)7-6-15(19-22)13-2-4-14(18)5-3-13/h2-7H,8-12H2,1H3. The van der Waals surface area contributed by atoms with Crippen molar-refractivity contribution >= 4 is 17.5 Å². The van der Waals surface area contributed by atoms with E-state index < -0.39 is 0 Å². The highest BCUT2D eigenvalue weighted by atomic mass is 35.5. The molecule has 0 atom stereocenters. The Morgan fingerprint density at radius 2 is 1.75 bits per heavy atom. The molecule has 6 nitrogen and oxygen atoms in total. The molecule has 24 heavy (non-hydrogen) atoms. The van der Waals surface area contributed by atoms with Crippen LogP contribution in [0.3, 0.4) is 0 Å². The molecule has 2 aromatic rings. The predicted molar refractivity (Wildman–Crippen MR) is 93.0 cm³/mol. The zero-order valence-electron chi connectivity index (χ0n) is 13.5. The average Bonchev–Trinajstić information content (AvgIpc) is 2.58. The van der Waals surface area contributed by atoms with E-state index in [1.807, 2.05) is 19.2 Å². The van der Waals surface area contributed by atoms with Crippen LogP contribution in [0.2, 0.25) is 5.02 Å². The number of hydrogen-bond acceptors (Lipinski definition) is 4. The summed E-state index contributed by atoms with van der Waals surface area (Å²) in [5.41, 5.74) is 1.20. The SMILES string of the molecule is CN1CCN(C(=O)Cn2nc(-c3ccc(Cl)cc3)ccc2=O)CC1. The lowest BCUT2D eigenvalue weighted by Crippen LogP contribution is -2.48. The summed E-state index contributed by atoms with van der Waals surface area (Å²) in [6.45, 7) is 3.02. The van der Waals surface area contributed by atoms with Crippen LogP contribution in [0.15, 0.2) is 41.2 Å². The fraction of sp³-hybridized carbons (Fsp3) is 0.353. The van der Waals surface area contributed by atoms with Crippen LogP contribution in [0, 0.1) is 0 Å². The van der Waals surface area contributed by atoms with Crippen molar-refractivity contribution in [2.75, 3.05) is 33.2 Å². The molecule has 1 aromatic carbocycles. The molecule has 1 aliphatic rings. The van der Waals surface area contributed by atoms with Crippen molar-refractivity contribution in [1.29, 1.82) is 0 Å². The van der Waals surface area contributed by atoms with E-state index in [4.69, 9.17) is 11.6 Å². The summed E-state index contributed by atoms with van der Waals surface area (Å²) in [5.74, 6) is -0.0778. The number of hydrogen-bond donors (Lipinski definition) is 0. The molecule has 0 bridgehead atoms. The van der Waals surface area contributed by atoms with Gasteiger partial charge in [-0.2, -0.15) is 5.10 Å². The molecule has 0 radical (unpaired) electrons. The van der Waals surface area contributed by atoms with Gasteiger partial charge in [0, 0.05) is 42.8 Å². The molecule has 0 saturated carbocycles. The Hall–Kier alpha value is -2.18. The van der Waals surface area contributed by atoms with Gasteiger partial charge >= 0.3 is 0 Å². The molecule has 0 N–H and O–H groups in total. The minimum Gasteiger partial charge on any atom is -0.339 e. The second-order valence-electron chi connectivity index (χ2n) is 5.91. The number of rotatable bonds is 3. The van der Waals surface area contributed by atoms with E-state index >= 15 is 0 Å².